The number of halogens is 10. The molecule has 1 aliphatic heterocycles. The van der Waals surface area contributed by atoms with Gasteiger partial charge in [-0.05, 0) is 49.1 Å². The first-order valence-corrected chi connectivity index (χ1v) is 12.1. The molecule has 2 atom stereocenters. The lowest BCUT2D eigenvalue weighted by atomic mass is 9.81. The van der Waals surface area contributed by atoms with Crippen LogP contribution in [0.5, 0.6) is 0 Å². The van der Waals surface area contributed by atoms with Gasteiger partial charge in [-0.2, -0.15) is 35.1 Å². The molecule has 3 aliphatic rings. The Kier molecular flexibility index (Phi) is 6.96. The number of hydrogen-bond acceptors (Lipinski definition) is 4. The molecule has 3 fully saturated rings. The lowest BCUT2D eigenvalue weighted by molar-refractivity contribution is -0.351. The maximum atomic E-state index is 14.4. The predicted molar refractivity (Wildman–Crippen MR) is 106 cm³/mol. The summed E-state index contributed by atoms with van der Waals surface area (Å²) in [6, 6.07) is 0. The van der Waals surface area contributed by atoms with Gasteiger partial charge in [0.1, 0.15) is 0 Å². The molecule has 0 bridgehead atoms. The van der Waals surface area contributed by atoms with E-state index in [1.54, 1.807) is 22.6 Å². The Morgan fingerprint density at radius 1 is 0.848 bits per heavy atom. The van der Waals surface area contributed by atoms with Crippen LogP contribution in [-0.2, 0) is 19.1 Å². The summed E-state index contributed by atoms with van der Waals surface area (Å²) in [5.41, 5.74) is -2.05. The van der Waals surface area contributed by atoms with E-state index < -0.39 is 71.0 Å². The average molecular weight is 627 g/mol. The smallest absolute Gasteiger partial charge is 0.392 e. The maximum Gasteiger partial charge on any atom is 0.392 e. The average Bonchev–Trinajstić information content (AvgIpc) is 3.05. The predicted octanol–water partition coefficient (Wildman–Crippen LogP) is 6.32. The van der Waals surface area contributed by atoms with Crippen LogP contribution >= 0.6 is 34.2 Å². The van der Waals surface area contributed by atoms with Crippen LogP contribution in [0.2, 0.25) is 0 Å². The van der Waals surface area contributed by atoms with Crippen LogP contribution in [0.25, 0.3) is 0 Å². The number of carbonyl (C=O) groups is 2. The van der Waals surface area contributed by atoms with Crippen molar-refractivity contribution >= 4 is 46.1 Å². The second kappa shape index (κ2) is 8.51. The van der Waals surface area contributed by atoms with Crippen LogP contribution in [0, 0.1) is 17.3 Å². The highest BCUT2D eigenvalue weighted by atomic mass is 127. The highest BCUT2D eigenvalue weighted by Crippen LogP contribution is 2.59. The molecule has 0 radical (unpaired) electrons. The van der Waals surface area contributed by atoms with Gasteiger partial charge in [-0.3, -0.25) is 9.59 Å². The van der Waals surface area contributed by atoms with Crippen molar-refractivity contribution in [2.45, 2.75) is 80.3 Å². The molecule has 33 heavy (non-hydrogen) atoms. The Morgan fingerprint density at radius 3 is 1.79 bits per heavy atom. The molecule has 1 heterocycles. The molecule has 1 saturated heterocycles. The molecule has 3 rings (SSSR count). The van der Waals surface area contributed by atoms with E-state index in [4.69, 9.17) is 9.47 Å². The van der Waals surface area contributed by atoms with Gasteiger partial charge in [-0.1, -0.05) is 29.0 Å². The van der Waals surface area contributed by atoms with Gasteiger partial charge >= 0.3 is 35.1 Å². The molecule has 190 valence electrons. The Hall–Kier alpha value is -0.600. The zero-order valence-electron chi connectivity index (χ0n) is 16.9. The summed E-state index contributed by atoms with van der Waals surface area (Å²) < 4.78 is 120. The van der Waals surface area contributed by atoms with E-state index in [1.807, 2.05) is 0 Å². The molecule has 0 amide bonds. The second-order valence-corrected chi connectivity index (χ2v) is 10.3. The van der Waals surface area contributed by atoms with Gasteiger partial charge in [-0.15, -0.1) is 0 Å². The van der Waals surface area contributed by atoms with Crippen LogP contribution in [0.1, 0.15) is 51.4 Å². The third kappa shape index (κ3) is 4.31. The Bertz CT molecular complexity index is 777. The molecule has 14 heteroatoms. The standard InChI is InChI=1S/C19H20ClF8IO4/c20-19(27,28)18(25,26)17(23,24)16(21,22)8-10-6-14(7-11(10)9-29)12(30)32-15(33-13(14)31)4-2-1-3-5-15/h10-11H,1-9H2. The number of ether oxygens (including phenoxy) is 2. The van der Waals surface area contributed by atoms with Gasteiger partial charge in [0.05, 0.1) is 0 Å². The number of carbonyl (C=O) groups excluding carboxylic acids is 2. The molecule has 0 aromatic rings. The van der Waals surface area contributed by atoms with Crippen LogP contribution in [0.4, 0.5) is 35.1 Å². The molecule has 2 unspecified atom stereocenters. The molecule has 0 aromatic carbocycles. The third-order valence-electron chi connectivity index (χ3n) is 6.77. The summed E-state index contributed by atoms with van der Waals surface area (Å²) in [7, 11) is 0. The maximum absolute atomic E-state index is 14.4. The van der Waals surface area contributed by atoms with Crippen LogP contribution in [-0.4, -0.2) is 45.3 Å². The van der Waals surface area contributed by atoms with E-state index in [0.717, 1.165) is 6.42 Å². The molecule has 2 aliphatic carbocycles. The van der Waals surface area contributed by atoms with Crippen molar-refractivity contribution in [3.8, 4) is 0 Å². The van der Waals surface area contributed by atoms with Crippen molar-refractivity contribution in [1.29, 1.82) is 0 Å². The molecule has 4 nitrogen and oxygen atoms in total. The molecule has 2 spiro atoms. The van der Waals surface area contributed by atoms with Crippen molar-refractivity contribution in [1.82, 2.24) is 0 Å². The van der Waals surface area contributed by atoms with Gasteiger partial charge in [0.2, 0.25) is 0 Å². The highest BCUT2D eigenvalue weighted by Gasteiger charge is 2.80. The number of hydrogen-bond donors (Lipinski definition) is 0. The first-order chi connectivity index (χ1) is 14.9. The van der Waals surface area contributed by atoms with E-state index >= 15 is 0 Å². The summed E-state index contributed by atoms with van der Waals surface area (Å²) in [6.45, 7) is 0. The van der Waals surface area contributed by atoms with Crippen LogP contribution in [0.3, 0.4) is 0 Å². The minimum atomic E-state index is -6.56. The first kappa shape index (κ1) is 27.0. The van der Waals surface area contributed by atoms with Gasteiger partial charge in [0.15, 0.2) is 5.41 Å². The van der Waals surface area contributed by atoms with Crippen molar-refractivity contribution in [3.63, 3.8) is 0 Å². The van der Waals surface area contributed by atoms with Gasteiger partial charge < -0.3 is 9.47 Å². The van der Waals surface area contributed by atoms with Crippen molar-refractivity contribution in [3.05, 3.63) is 0 Å². The van der Waals surface area contributed by atoms with Gasteiger partial charge in [0, 0.05) is 23.7 Å². The fourth-order valence-electron chi connectivity index (χ4n) is 4.86. The quantitative estimate of drug-likeness (QED) is 0.114. The van der Waals surface area contributed by atoms with E-state index in [-0.39, 0.29) is 23.7 Å². The zero-order chi connectivity index (χ0) is 25.1. The zero-order valence-corrected chi connectivity index (χ0v) is 19.8. The molecule has 0 aromatic heterocycles. The lowest BCUT2D eigenvalue weighted by Gasteiger charge is -2.44. The van der Waals surface area contributed by atoms with Gasteiger partial charge in [-0.25, -0.2) is 0 Å². The van der Waals surface area contributed by atoms with E-state index in [1.165, 1.54) is 0 Å². The third-order valence-corrected chi connectivity index (χ3v) is 8.14. The topological polar surface area (TPSA) is 52.6 Å². The normalized spacial score (nSPS) is 28.2. The van der Waals surface area contributed by atoms with Crippen LogP contribution in [0.15, 0.2) is 0 Å². The largest absolute Gasteiger partial charge is 0.422 e. The highest BCUT2D eigenvalue weighted by molar-refractivity contribution is 14.1. The van der Waals surface area contributed by atoms with Crippen molar-refractivity contribution in [2.24, 2.45) is 17.3 Å². The number of rotatable bonds is 6. The SMILES string of the molecule is O=C1OC2(CCCCC2)OC(=O)C12CC(CI)C(CC(F)(F)C(F)(F)C(F)(F)C(F)(F)Cl)C2. The van der Waals surface area contributed by atoms with Crippen molar-refractivity contribution in [2.75, 3.05) is 4.43 Å². The molecule has 2 saturated carbocycles. The molecular formula is C19H20ClF8IO4. The monoisotopic (exact) mass is 626 g/mol. The van der Waals surface area contributed by atoms with Crippen LogP contribution < -0.4 is 0 Å². The fourth-order valence-corrected chi connectivity index (χ4v) is 6.01. The Morgan fingerprint density at radius 2 is 1.33 bits per heavy atom. The minimum Gasteiger partial charge on any atom is -0.422 e. The Labute approximate surface area is 202 Å². The van der Waals surface area contributed by atoms with E-state index in [2.05, 4.69) is 11.6 Å². The summed E-state index contributed by atoms with van der Waals surface area (Å²) in [4.78, 5) is 25.7. The minimum absolute atomic E-state index is 0.000407. The second-order valence-electron chi connectivity index (χ2n) is 8.97. The summed E-state index contributed by atoms with van der Waals surface area (Å²) in [6.07, 6.45) is -0.487. The summed E-state index contributed by atoms with van der Waals surface area (Å²) >= 11 is 5.70. The molecule has 0 N–H and O–H groups in total. The fraction of sp³-hybridized carbons (Fsp3) is 0.895. The number of esters is 2. The molecular weight excluding hydrogens is 607 g/mol. The summed E-state index contributed by atoms with van der Waals surface area (Å²) in [5.74, 6) is -24.7. The summed E-state index contributed by atoms with van der Waals surface area (Å²) in [5, 5.41) is -5.94. The first-order valence-electron chi connectivity index (χ1n) is 10.2. The number of alkyl halides is 10. The van der Waals surface area contributed by atoms with E-state index in [9.17, 15) is 44.7 Å². The Balaban J connectivity index is 1.84. The van der Waals surface area contributed by atoms with E-state index in [0.29, 0.717) is 12.8 Å². The van der Waals surface area contributed by atoms with Gasteiger partial charge in [0.25, 0.3) is 5.79 Å². The lowest BCUT2D eigenvalue weighted by Crippen LogP contribution is -2.61. The van der Waals surface area contributed by atoms with Crippen molar-refractivity contribution < 1.29 is 54.2 Å².